The summed E-state index contributed by atoms with van der Waals surface area (Å²) in [5, 5.41) is 14.6. The smallest absolute Gasteiger partial charge is 0.408 e. The van der Waals surface area contributed by atoms with Gasteiger partial charge in [0.05, 0.1) is 5.92 Å². The molecule has 0 bridgehead atoms. The van der Waals surface area contributed by atoms with E-state index in [2.05, 4.69) is 22.8 Å². The molecule has 3 aromatic carbocycles. The number of hydrogen-bond acceptors (Lipinski definition) is 4. The average molecular weight is 471 g/mol. The molecule has 0 spiro atoms. The van der Waals surface area contributed by atoms with Gasteiger partial charge in [0.25, 0.3) is 0 Å². The van der Waals surface area contributed by atoms with Crippen molar-refractivity contribution in [1.29, 1.82) is 0 Å². The molecule has 3 aromatic rings. The van der Waals surface area contributed by atoms with E-state index in [1.165, 1.54) is 0 Å². The van der Waals surface area contributed by atoms with Crippen LogP contribution in [-0.4, -0.2) is 36.2 Å². The Labute approximate surface area is 203 Å². The minimum absolute atomic E-state index is 0.0812. The van der Waals surface area contributed by atoms with E-state index in [-0.39, 0.29) is 25.0 Å². The van der Waals surface area contributed by atoms with Crippen LogP contribution in [0.1, 0.15) is 35.1 Å². The van der Waals surface area contributed by atoms with Crippen LogP contribution in [0.15, 0.2) is 78.9 Å². The highest BCUT2D eigenvalue weighted by molar-refractivity contribution is 5.87. The van der Waals surface area contributed by atoms with Gasteiger partial charge in [-0.25, -0.2) is 4.79 Å². The normalized spacial score (nSPS) is 18.6. The Balaban J connectivity index is 1.25. The summed E-state index contributed by atoms with van der Waals surface area (Å²) in [7, 11) is 0. The van der Waals surface area contributed by atoms with Gasteiger partial charge in [0.2, 0.25) is 5.91 Å². The van der Waals surface area contributed by atoms with Crippen LogP contribution in [0.25, 0.3) is 11.1 Å². The molecule has 2 aliphatic carbocycles. The fourth-order valence-electron chi connectivity index (χ4n) is 4.81. The molecule has 2 amide bonds. The Morgan fingerprint density at radius 2 is 1.49 bits per heavy atom. The number of carboxylic acid groups (broad SMARTS) is 1. The number of carbonyl (C=O) groups is 3. The maximum atomic E-state index is 12.9. The predicted octanol–water partition coefficient (Wildman–Crippen LogP) is 4.10. The van der Waals surface area contributed by atoms with Crippen molar-refractivity contribution in [3.05, 3.63) is 95.6 Å². The number of nitrogens with one attached hydrogen (secondary N) is 2. The molecule has 178 valence electrons. The number of ether oxygens (including phenoxy) is 1. The third kappa shape index (κ3) is 4.75. The zero-order valence-electron chi connectivity index (χ0n) is 19.0. The van der Waals surface area contributed by atoms with Crippen LogP contribution in [0.4, 0.5) is 4.79 Å². The van der Waals surface area contributed by atoms with E-state index in [1.54, 1.807) is 24.3 Å². The Morgan fingerprint density at radius 1 is 0.886 bits per heavy atom. The van der Waals surface area contributed by atoms with Gasteiger partial charge in [-0.1, -0.05) is 78.9 Å². The molecule has 0 radical (unpaired) electrons. The fraction of sp³-hybridized carbons (Fsp3) is 0.250. The lowest BCUT2D eigenvalue weighted by Crippen LogP contribution is -2.41. The van der Waals surface area contributed by atoms with Crippen molar-refractivity contribution in [1.82, 2.24) is 10.6 Å². The summed E-state index contributed by atoms with van der Waals surface area (Å²) >= 11 is 0. The highest BCUT2D eigenvalue weighted by Crippen LogP contribution is 2.44. The summed E-state index contributed by atoms with van der Waals surface area (Å²) in [6, 6.07) is 24.1. The molecular weight excluding hydrogens is 444 g/mol. The van der Waals surface area contributed by atoms with Crippen LogP contribution in [-0.2, 0) is 14.3 Å². The Hall–Kier alpha value is -4.13. The number of amides is 2. The quantitative estimate of drug-likeness (QED) is 0.460. The van der Waals surface area contributed by atoms with E-state index in [0.29, 0.717) is 12.0 Å². The summed E-state index contributed by atoms with van der Waals surface area (Å²) in [6.45, 7) is 0.400. The number of carboxylic acids is 1. The first-order valence-corrected chi connectivity index (χ1v) is 11.7. The van der Waals surface area contributed by atoms with Gasteiger partial charge >= 0.3 is 12.1 Å². The van der Waals surface area contributed by atoms with E-state index in [9.17, 15) is 14.4 Å². The molecule has 2 aliphatic rings. The molecule has 5 rings (SSSR count). The monoisotopic (exact) mass is 470 g/mol. The van der Waals surface area contributed by atoms with Crippen LogP contribution in [0, 0.1) is 11.8 Å². The zero-order valence-corrected chi connectivity index (χ0v) is 19.0. The second kappa shape index (κ2) is 9.62. The third-order valence-corrected chi connectivity index (χ3v) is 6.78. The Kier molecular flexibility index (Phi) is 6.23. The second-order valence-electron chi connectivity index (χ2n) is 9.00. The summed E-state index contributed by atoms with van der Waals surface area (Å²) in [6.07, 6.45) is -0.142. The summed E-state index contributed by atoms with van der Waals surface area (Å²) < 4.78 is 5.62. The minimum atomic E-state index is -0.950. The van der Waals surface area contributed by atoms with Gasteiger partial charge < -0.3 is 20.5 Å². The van der Waals surface area contributed by atoms with Crippen LogP contribution in [0.2, 0.25) is 0 Å². The van der Waals surface area contributed by atoms with E-state index < -0.39 is 29.9 Å². The Morgan fingerprint density at radius 3 is 2.09 bits per heavy atom. The SMILES string of the molecule is O=C(N[C@H](C(=O)NCC1CC1C(=O)O)c1ccccc1)OCC1c2ccccc2-c2ccccc21. The van der Waals surface area contributed by atoms with Gasteiger partial charge in [-0.15, -0.1) is 0 Å². The van der Waals surface area contributed by atoms with Gasteiger partial charge in [-0.2, -0.15) is 0 Å². The van der Waals surface area contributed by atoms with Crippen molar-refractivity contribution in [3.63, 3.8) is 0 Å². The van der Waals surface area contributed by atoms with Crippen molar-refractivity contribution >= 4 is 18.0 Å². The highest BCUT2D eigenvalue weighted by atomic mass is 16.5. The molecule has 0 aromatic heterocycles. The molecule has 1 fully saturated rings. The van der Waals surface area contributed by atoms with Gasteiger partial charge in [-0.05, 0) is 40.2 Å². The lowest BCUT2D eigenvalue weighted by molar-refractivity contribution is -0.139. The lowest BCUT2D eigenvalue weighted by Gasteiger charge is -2.20. The number of rotatable bonds is 8. The minimum Gasteiger partial charge on any atom is -0.481 e. The topological polar surface area (TPSA) is 105 Å². The van der Waals surface area contributed by atoms with Crippen LogP contribution < -0.4 is 10.6 Å². The number of aliphatic carboxylic acids is 1. The van der Waals surface area contributed by atoms with E-state index in [0.717, 1.165) is 22.3 Å². The number of carbonyl (C=O) groups excluding carboxylic acids is 2. The van der Waals surface area contributed by atoms with E-state index >= 15 is 0 Å². The molecule has 0 aliphatic heterocycles. The molecule has 3 N–H and O–H groups in total. The molecule has 7 heteroatoms. The maximum absolute atomic E-state index is 12.9. The first-order chi connectivity index (χ1) is 17.0. The average Bonchev–Trinajstić information content (AvgIpc) is 3.61. The number of alkyl carbamates (subject to hydrolysis) is 1. The number of benzene rings is 3. The number of hydrogen-bond donors (Lipinski definition) is 3. The van der Waals surface area contributed by atoms with Crippen LogP contribution in [0.3, 0.4) is 0 Å². The van der Waals surface area contributed by atoms with Crippen LogP contribution in [0.5, 0.6) is 0 Å². The second-order valence-corrected chi connectivity index (χ2v) is 9.00. The van der Waals surface area contributed by atoms with Crippen molar-refractivity contribution in [2.24, 2.45) is 11.8 Å². The van der Waals surface area contributed by atoms with Crippen molar-refractivity contribution < 1.29 is 24.2 Å². The first-order valence-electron chi connectivity index (χ1n) is 11.7. The standard InChI is InChI=1S/C28H26N2O5/c31-26(29-15-18-14-23(18)27(32)33)25(17-8-2-1-3-9-17)30-28(34)35-16-24-21-12-6-4-10-19(21)20-11-5-7-13-22(20)24/h1-13,18,23-25H,14-16H2,(H,29,31)(H,30,34)(H,32,33)/t18?,23?,25-/m0/s1. The van der Waals surface area contributed by atoms with Gasteiger partial charge in [0.15, 0.2) is 0 Å². The maximum Gasteiger partial charge on any atom is 0.408 e. The molecule has 0 heterocycles. The molecule has 35 heavy (non-hydrogen) atoms. The largest absolute Gasteiger partial charge is 0.481 e. The molecule has 7 nitrogen and oxygen atoms in total. The number of fused-ring (bicyclic) bond motifs is 3. The van der Waals surface area contributed by atoms with Crippen molar-refractivity contribution in [3.8, 4) is 11.1 Å². The molecular formula is C28H26N2O5. The lowest BCUT2D eigenvalue weighted by atomic mass is 9.98. The first kappa shape index (κ1) is 22.7. The van der Waals surface area contributed by atoms with Gasteiger partial charge in [0.1, 0.15) is 12.6 Å². The molecule has 0 saturated heterocycles. The van der Waals surface area contributed by atoms with Crippen molar-refractivity contribution in [2.75, 3.05) is 13.2 Å². The summed E-state index contributed by atoms with van der Waals surface area (Å²) in [5.74, 6) is -1.83. The van der Waals surface area contributed by atoms with Gasteiger partial charge in [0, 0.05) is 12.5 Å². The molecule has 2 unspecified atom stereocenters. The van der Waals surface area contributed by atoms with E-state index in [4.69, 9.17) is 9.84 Å². The van der Waals surface area contributed by atoms with Crippen molar-refractivity contribution in [2.45, 2.75) is 18.4 Å². The highest BCUT2D eigenvalue weighted by Gasteiger charge is 2.43. The fourth-order valence-corrected chi connectivity index (χ4v) is 4.81. The van der Waals surface area contributed by atoms with Crippen LogP contribution >= 0.6 is 0 Å². The Bertz CT molecular complexity index is 1210. The summed E-state index contributed by atoms with van der Waals surface area (Å²) in [5.41, 5.74) is 5.11. The van der Waals surface area contributed by atoms with E-state index in [1.807, 2.05) is 42.5 Å². The molecule has 1 saturated carbocycles. The molecule has 3 atom stereocenters. The van der Waals surface area contributed by atoms with Gasteiger partial charge in [-0.3, -0.25) is 9.59 Å². The summed E-state index contributed by atoms with van der Waals surface area (Å²) in [4.78, 5) is 36.8. The third-order valence-electron chi connectivity index (χ3n) is 6.78. The zero-order chi connectivity index (χ0) is 24.4. The predicted molar refractivity (Wildman–Crippen MR) is 130 cm³/mol.